The molecule has 3 heterocycles. The van der Waals surface area contributed by atoms with Gasteiger partial charge in [0.15, 0.2) is 12.4 Å². The standard InChI is InChI=1S/C13H14N8O2/c1-20-10(21-4-2-3-5-21)8(6-16-20)11(22)23-7-9-17-12(14)19-13(15)18-9/h2-6H,7H2,1H3,(H4,14,15,17,18,19). The van der Waals surface area contributed by atoms with Gasteiger partial charge in [0.2, 0.25) is 11.9 Å². The zero-order valence-electron chi connectivity index (χ0n) is 12.2. The van der Waals surface area contributed by atoms with E-state index in [9.17, 15) is 4.79 Å². The molecule has 0 amide bonds. The third-order valence-corrected chi connectivity index (χ3v) is 3.03. The number of anilines is 2. The van der Waals surface area contributed by atoms with Gasteiger partial charge >= 0.3 is 5.97 Å². The van der Waals surface area contributed by atoms with Gasteiger partial charge in [-0.3, -0.25) is 4.68 Å². The fourth-order valence-corrected chi connectivity index (χ4v) is 2.09. The Morgan fingerprint density at radius 1 is 1.17 bits per heavy atom. The summed E-state index contributed by atoms with van der Waals surface area (Å²) in [4.78, 5) is 23.6. The molecule has 0 saturated heterocycles. The van der Waals surface area contributed by atoms with E-state index in [1.807, 2.05) is 12.1 Å². The molecule has 23 heavy (non-hydrogen) atoms. The maximum atomic E-state index is 12.3. The van der Waals surface area contributed by atoms with Crippen LogP contribution in [0.5, 0.6) is 0 Å². The summed E-state index contributed by atoms with van der Waals surface area (Å²) >= 11 is 0. The first-order valence-electron chi connectivity index (χ1n) is 6.63. The molecule has 3 aromatic heterocycles. The van der Waals surface area contributed by atoms with E-state index in [-0.39, 0.29) is 24.3 Å². The van der Waals surface area contributed by atoms with E-state index in [2.05, 4.69) is 20.1 Å². The summed E-state index contributed by atoms with van der Waals surface area (Å²) in [5, 5.41) is 4.09. The molecule has 0 spiro atoms. The number of carbonyl (C=O) groups excluding carboxylic acids is 1. The molecule has 0 fully saturated rings. The molecule has 4 N–H and O–H groups in total. The van der Waals surface area contributed by atoms with E-state index < -0.39 is 5.97 Å². The summed E-state index contributed by atoms with van der Waals surface area (Å²) in [6, 6.07) is 3.69. The summed E-state index contributed by atoms with van der Waals surface area (Å²) in [6.07, 6.45) is 5.05. The SMILES string of the molecule is Cn1ncc(C(=O)OCc2nc(N)nc(N)n2)c1-n1cccc1. The monoisotopic (exact) mass is 314 g/mol. The molecular formula is C13H14N8O2. The summed E-state index contributed by atoms with van der Waals surface area (Å²) in [7, 11) is 1.74. The van der Waals surface area contributed by atoms with E-state index in [1.165, 1.54) is 6.20 Å². The fraction of sp³-hybridized carbons (Fsp3) is 0.154. The Labute approximate surface area is 130 Å². The Morgan fingerprint density at radius 2 is 1.83 bits per heavy atom. The van der Waals surface area contributed by atoms with Gasteiger partial charge in [0.05, 0.1) is 6.20 Å². The first-order chi connectivity index (χ1) is 11.0. The number of nitrogen functional groups attached to an aromatic ring is 2. The largest absolute Gasteiger partial charge is 0.454 e. The van der Waals surface area contributed by atoms with Gasteiger partial charge in [-0.15, -0.1) is 0 Å². The lowest BCUT2D eigenvalue weighted by atomic mass is 10.3. The highest BCUT2D eigenvalue weighted by molar-refractivity contribution is 5.92. The predicted octanol–water partition coefficient (Wildman–Crippen LogP) is -0.0828. The highest BCUT2D eigenvalue weighted by atomic mass is 16.5. The number of nitrogens with zero attached hydrogens (tertiary/aromatic N) is 6. The van der Waals surface area contributed by atoms with Crippen molar-refractivity contribution in [2.45, 2.75) is 6.61 Å². The van der Waals surface area contributed by atoms with Crippen LogP contribution in [0.25, 0.3) is 5.82 Å². The lowest BCUT2D eigenvalue weighted by Crippen LogP contribution is -2.13. The number of rotatable bonds is 4. The van der Waals surface area contributed by atoms with Crippen LogP contribution in [0.2, 0.25) is 0 Å². The second kappa shape index (κ2) is 5.75. The van der Waals surface area contributed by atoms with Crippen molar-refractivity contribution in [1.82, 2.24) is 29.3 Å². The minimum atomic E-state index is -0.556. The molecular weight excluding hydrogens is 300 g/mol. The molecule has 0 aliphatic carbocycles. The third-order valence-electron chi connectivity index (χ3n) is 3.03. The van der Waals surface area contributed by atoms with Gasteiger partial charge in [0, 0.05) is 19.4 Å². The molecule has 0 aliphatic rings. The normalized spacial score (nSPS) is 10.7. The average Bonchev–Trinajstić information content (AvgIpc) is 3.12. The van der Waals surface area contributed by atoms with Crippen molar-refractivity contribution >= 4 is 17.9 Å². The van der Waals surface area contributed by atoms with Gasteiger partial charge in [0.1, 0.15) is 11.4 Å². The van der Waals surface area contributed by atoms with Gasteiger partial charge in [0.25, 0.3) is 0 Å². The van der Waals surface area contributed by atoms with Crippen molar-refractivity contribution in [3.8, 4) is 5.82 Å². The Balaban J connectivity index is 1.79. The van der Waals surface area contributed by atoms with Crippen molar-refractivity contribution in [3.63, 3.8) is 0 Å². The summed E-state index contributed by atoms with van der Waals surface area (Å²) in [5.41, 5.74) is 11.3. The third kappa shape index (κ3) is 2.95. The lowest BCUT2D eigenvalue weighted by molar-refractivity contribution is 0.0462. The van der Waals surface area contributed by atoms with E-state index in [4.69, 9.17) is 16.2 Å². The Hall–Kier alpha value is -3.43. The summed E-state index contributed by atoms with van der Waals surface area (Å²) in [5.74, 6) is 0.152. The number of ether oxygens (including phenoxy) is 1. The van der Waals surface area contributed by atoms with Crippen LogP contribution in [-0.4, -0.2) is 35.3 Å². The number of nitrogens with two attached hydrogens (primary N) is 2. The number of aromatic nitrogens is 6. The van der Waals surface area contributed by atoms with Crippen LogP contribution in [0.15, 0.2) is 30.7 Å². The van der Waals surface area contributed by atoms with Crippen LogP contribution in [0.3, 0.4) is 0 Å². The second-order valence-electron chi connectivity index (χ2n) is 4.64. The van der Waals surface area contributed by atoms with Gasteiger partial charge in [-0.25, -0.2) is 4.79 Å². The summed E-state index contributed by atoms with van der Waals surface area (Å²) in [6.45, 7) is -0.171. The first-order valence-corrected chi connectivity index (χ1v) is 6.63. The summed E-state index contributed by atoms with van der Waals surface area (Å²) < 4.78 is 8.55. The first kappa shape index (κ1) is 14.5. The Bertz CT molecular complexity index is 820. The number of hydrogen-bond donors (Lipinski definition) is 2. The Morgan fingerprint density at radius 3 is 2.48 bits per heavy atom. The maximum absolute atomic E-state index is 12.3. The molecule has 0 bridgehead atoms. The highest BCUT2D eigenvalue weighted by Gasteiger charge is 2.19. The maximum Gasteiger partial charge on any atom is 0.344 e. The van der Waals surface area contributed by atoms with Crippen LogP contribution < -0.4 is 11.5 Å². The van der Waals surface area contributed by atoms with Gasteiger partial charge < -0.3 is 20.8 Å². The van der Waals surface area contributed by atoms with Crippen molar-refractivity contribution in [3.05, 3.63) is 42.1 Å². The van der Waals surface area contributed by atoms with Crippen molar-refractivity contribution < 1.29 is 9.53 Å². The minimum absolute atomic E-state index is 0.0297. The van der Waals surface area contributed by atoms with Crippen LogP contribution in [-0.2, 0) is 18.4 Å². The van der Waals surface area contributed by atoms with Crippen LogP contribution in [0.1, 0.15) is 16.2 Å². The highest BCUT2D eigenvalue weighted by Crippen LogP contribution is 2.15. The average molecular weight is 314 g/mol. The zero-order valence-corrected chi connectivity index (χ0v) is 12.2. The minimum Gasteiger partial charge on any atom is -0.454 e. The van der Waals surface area contributed by atoms with Crippen LogP contribution in [0.4, 0.5) is 11.9 Å². The smallest absolute Gasteiger partial charge is 0.344 e. The molecule has 3 rings (SSSR count). The van der Waals surface area contributed by atoms with Gasteiger partial charge in [-0.2, -0.15) is 20.1 Å². The molecule has 0 unspecified atom stereocenters. The molecule has 0 aromatic carbocycles. The van der Waals surface area contributed by atoms with E-state index in [0.717, 1.165) is 0 Å². The van der Waals surface area contributed by atoms with Crippen molar-refractivity contribution in [2.75, 3.05) is 11.5 Å². The van der Waals surface area contributed by atoms with Crippen LogP contribution >= 0.6 is 0 Å². The van der Waals surface area contributed by atoms with Crippen LogP contribution in [0, 0.1) is 0 Å². The molecule has 10 nitrogen and oxygen atoms in total. The van der Waals surface area contributed by atoms with Gasteiger partial charge in [-0.1, -0.05) is 0 Å². The zero-order chi connectivity index (χ0) is 16.4. The topological polar surface area (TPSA) is 140 Å². The number of hydrogen-bond acceptors (Lipinski definition) is 8. The molecule has 3 aromatic rings. The number of carbonyl (C=O) groups is 1. The van der Waals surface area contributed by atoms with Gasteiger partial charge in [-0.05, 0) is 12.1 Å². The van der Waals surface area contributed by atoms with E-state index >= 15 is 0 Å². The lowest BCUT2D eigenvalue weighted by Gasteiger charge is -2.08. The van der Waals surface area contributed by atoms with Crippen molar-refractivity contribution in [2.24, 2.45) is 7.05 Å². The second-order valence-corrected chi connectivity index (χ2v) is 4.64. The number of esters is 1. The molecule has 0 saturated carbocycles. The molecule has 0 aliphatic heterocycles. The molecule has 0 radical (unpaired) electrons. The molecule has 10 heteroatoms. The Kier molecular flexibility index (Phi) is 3.63. The quantitative estimate of drug-likeness (QED) is 0.637. The molecule has 118 valence electrons. The predicted molar refractivity (Wildman–Crippen MR) is 80.3 cm³/mol. The number of aryl methyl sites for hydroxylation is 1. The fourth-order valence-electron chi connectivity index (χ4n) is 2.09. The molecule has 0 atom stereocenters. The van der Waals surface area contributed by atoms with E-state index in [1.54, 1.807) is 28.7 Å². The van der Waals surface area contributed by atoms with E-state index in [0.29, 0.717) is 11.4 Å². The van der Waals surface area contributed by atoms with Crippen molar-refractivity contribution in [1.29, 1.82) is 0 Å².